The first kappa shape index (κ1) is 27.8. The second kappa shape index (κ2) is 10.7. The molecule has 0 saturated heterocycles. The highest BCUT2D eigenvalue weighted by Gasteiger charge is 2.43. The van der Waals surface area contributed by atoms with Crippen molar-refractivity contribution in [2.45, 2.75) is 44.8 Å². The van der Waals surface area contributed by atoms with E-state index < -0.39 is 46.6 Å². The number of halogens is 6. The van der Waals surface area contributed by atoms with Crippen LogP contribution in [0.15, 0.2) is 65.3 Å². The average Bonchev–Trinajstić information content (AvgIpc) is 2.76. The fraction of sp³-hybridized carbons (Fsp3) is 0.320. The maximum Gasteiger partial charge on any atom is 0.420 e. The van der Waals surface area contributed by atoms with E-state index in [2.05, 4.69) is 15.6 Å². The van der Waals surface area contributed by atoms with Crippen molar-refractivity contribution < 1.29 is 40.7 Å². The minimum atomic E-state index is -4.73. The number of aryl methyl sites for hydroxylation is 1. The van der Waals surface area contributed by atoms with Gasteiger partial charge in [-0.1, -0.05) is 29.8 Å². The van der Waals surface area contributed by atoms with E-state index in [1.54, 1.807) is 12.1 Å². The topological polar surface area (TPSA) is 79.8 Å². The zero-order chi connectivity index (χ0) is 27.4. The van der Waals surface area contributed by atoms with Gasteiger partial charge in [0.15, 0.2) is 5.60 Å². The molecule has 1 heterocycles. The van der Waals surface area contributed by atoms with E-state index in [0.717, 1.165) is 35.4 Å². The zero-order valence-electron chi connectivity index (χ0n) is 19.8. The summed E-state index contributed by atoms with van der Waals surface area (Å²) in [4.78, 5) is 28.6. The lowest BCUT2D eigenvalue weighted by molar-refractivity contribution is -0.138. The SMILES string of the molecule is Cc1ccc(CNC(=O)[C@](C)(CCNC(=O)C2=NC=C2C(F)(F)F)Oc2ccc(C(F)(F)F)cc2)cc1. The molecule has 0 fully saturated rings. The first-order valence-corrected chi connectivity index (χ1v) is 11.0. The molecule has 2 N–H and O–H groups in total. The third kappa shape index (κ3) is 7.11. The Hall–Kier alpha value is -3.83. The number of amides is 2. The molecule has 2 amide bonds. The molecule has 1 aliphatic rings. The van der Waals surface area contributed by atoms with Gasteiger partial charge in [-0.05, 0) is 43.7 Å². The lowest BCUT2D eigenvalue weighted by Gasteiger charge is -2.30. The van der Waals surface area contributed by atoms with Crippen LogP contribution in [0, 0.1) is 6.92 Å². The number of rotatable bonds is 9. The summed E-state index contributed by atoms with van der Waals surface area (Å²) in [5.41, 5.74) is -2.75. The molecular formula is C25H23F6N3O3. The van der Waals surface area contributed by atoms with Gasteiger partial charge in [-0.3, -0.25) is 9.59 Å². The Labute approximate surface area is 208 Å². The van der Waals surface area contributed by atoms with Crippen molar-refractivity contribution >= 4 is 17.5 Å². The van der Waals surface area contributed by atoms with Gasteiger partial charge in [0.1, 0.15) is 17.0 Å². The summed E-state index contributed by atoms with van der Waals surface area (Å²) in [6.45, 7) is 3.10. The third-order valence-corrected chi connectivity index (χ3v) is 5.56. The summed E-state index contributed by atoms with van der Waals surface area (Å²) in [7, 11) is 0. The molecule has 2 aromatic carbocycles. The summed E-state index contributed by atoms with van der Waals surface area (Å²) in [5.74, 6) is -1.76. The molecule has 0 saturated carbocycles. The Bertz CT molecular complexity index is 1200. The predicted molar refractivity (Wildman–Crippen MR) is 123 cm³/mol. The van der Waals surface area contributed by atoms with Crippen LogP contribution < -0.4 is 15.4 Å². The summed E-state index contributed by atoms with van der Waals surface area (Å²) in [6, 6.07) is 11.0. The number of carbonyl (C=O) groups excluding carboxylic acids is 2. The van der Waals surface area contributed by atoms with Crippen molar-refractivity contribution in [3.8, 4) is 5.75 Å². The van der Waals surface area contributed by atoms with Crippen molar-refractivity contribution in [2.75, 3.05) is 6.54 Å². The smallest absolute Gasteiger partial charge is 0.420 e. The van der Waals surface area contributed by atoms with E-state index in [1.807, 2.05) is 19.1 Å². The second-order valence-corrected chi connectivity index (χ2v) is 8.55. The molecule has 0 bridgehead atoms. The van der Waals surface area contributed by atoms with Crippen LogP contribution in [0.1, 0.15) is 30.0 Å². The lowest BCUT2D eigenvalue weighted by Crippen LogP contribution is -2.51. The van der Waals surface area contributed by atoms with Gasteiger partial charge in [-0.2, -0.15) is 26.3 Å². The van der Waals surface area contributed by atoms with E-state index in [4.69, 9.17) is 4.74 Å². The van der Waals surface area contributed by atoms with E-state index in [1.165, 1.54) is 6.92 Å². The normalized spacial score (nSPS) is 15.0. The zero-order valence-corrected chi connectivity index (χ0v) is 19.8. The summed E-state index contributed by atoms with van der Waals surface area (Å²) < 4.78 is 82.9. The number of hydrogen-bond acceptors (Lipinski definition) is 4. The third-order valence-electron chi connectivity index (χ3n) is 5.56. The first-order valence-electron chi connectivity index (χ1n) is 11.0. The van der Waals surface area contributed by atoms with E-state index in [9.17, 15) is 35.9 Å². The van der Waals surface area contributed by atoms with Crippen LogP contribution in [0.5, 0.6) is 5.75 Å². The fourth-order valence-electron chi connectivity index (χ4n) is 3.34. The van der Waals surface area contributed by atoms with Crippen LogP contribution in [0.2, 0.25) is 0 Å². The highest BCUT2D eigenvalue weighted by Crippen LogP contribution is 2.32. The highest BCUT2D eigenvalue weighted by molar-refractivity contribution is 6.47. The number of nitrogens with zero attached hydrogens (tertiary/aromatic N) is 1. The molecule has 0 aliphatic carbocycles. The van der Waals surface area contributed by atoms with Crippen LogP contribution in [0.4, 0.5) is 26.3 Å². The van der Waals surface area contributed by atoms with Gasteiger partial charge in [0.25, 0.3) is 11.8 Å². The van der Waals surface area contributed by atoms with Crippen LogP contribution in [0.3, 0.4) is 0 Å². The Morgan fingerprint density at radius 2 is 1.51 bits per heavy atom. The van der Waals surface area contributed by atoms with Gasteiger partial charge >= 0.3 is 12.4 Å². The predicted octanol–water partition coefficient (Wildman–Crippen LogP) is 4.87. The Balaban J connectivity index is 1.70. The molecule has 3 rings (SSSR count). The minimum Gasteiger partial charge on any atom is -0.478 e. The number of carbonyl (C=O) groups is 2. The maximum atomic E-state index is 13.1. The molecule has 0 radical (unpaired) electrons. The number of aliphatic imine (C=N–C) groups is 1. The Morgan fingerprint density at radius 1 is 0.892 bits per heavy atom. The number of alkyl halides is 6. The molecule has 0 aromatic heterocycles. The molecule has 1 aliphatic heterocycles. The molecule has 0 unspecified atom stereocenters. The van der Waals surface area contributed by atoms with Gasteiger partial charge < -0.3 is 15.4 Å². The maximum absolute atomic E-state index is 13.1. The van der Waals surface area contributed by atoms with E-state index in [0.29, 0.717) is 6.20 Å². The van der Waals surface area contributed by atoms with Gasteiger partial charge in [0, 0.05) is 25.7 Å². The molecule has 0 spiro atoms. The summed E-state index contributed by atoms with van der Waals surface area (Å²) in [6.07, 6.45) is -8.97. The standard InChI is InChI=1S/C25H23F6N3O3/c1-15-3-5-16(6-4-15)13-34-22(36)23(2,37-18-9-7-17(8-10-18)24(26,27)28)11-12-32-21(35)20-19(14-33-20)25(29,30)31/h3-10,14H,11-13H2,1-2H3,(H,32,35)(H,34,36)/t23-/m0/s1. The average molecular weight is 527 g/mol. The second-order valence-electron chi connectivity index (χ2n) is 8.55. The monoisotopic (exact) mass is 527 g/mol. The molecule has 37 heavy (non-hydrogen) atoms. The molecule has 6 nitrogen and oxygen atoms in total. The minimum absolute atomic E-state index is 0.0435. The Morgan fingerprint density at radius 3 is 2.03 bits per heavy atom. The van der Waals surface area contributed by atoms with Crippen LogP contribution in [0.25, 0.3) is 0 Å². The van der Waals surface area contributed by atoms with Crippen molar-refractivity contribution in [3.63, 3.8) is 0 Å². The van der Waals surface area contributed by atoms with Gasteiger partial charge in [-0.25, -0.2) is 4.99 Å². The number of nitrogens with one attached hydrogen (secondary N) is 2. The quantitative estimate of drug-likeness (QED) is 0.457. The number of ether oxygens (including phenoxy) is 1. The number of hydrogen-bond donors (Lipinski definition) is 2. The highest BCUT2D eigenvalue weighted by atomic mass is 19.4. The lowest BCUT2D eigenvalue weighted by atomic mass is 9.99. The van der Waals surface area contributed by atoms with Crippen LogP contribution >= 0.6 is 0 Å². The van der Waals surface area contributed by atoms with Gasteiger partial charge in [0.05, 0.1) is 5.56 Å². The van der Waals surface area contributed by atoms with Crippen molar-refractivity contribution in [1.29, 1.82) is 0 Å². The molecular weight excluding hydrogens is 504 g/mol. The van der Waals surface area contributed by atoms with Crippen LogP contribution in [-0.4, -0.2) is 35.8 Å². The van der Waals surface area contributed by atoms with Gasteiger partial charge in [0.2, 0.25) is 0 Å². The van der Waals surface area contributed by atoms with E-state index >= 15 is 0 Å². The molecule has 2 aromatic rings. The first-order chi connectivity index (χ1) is 17.2. The van der Waals surface area contributed by atoms with E-state index in [-0.39, 0.29) is 25.3 Å². The van der Waals surface area contributed by atoms with Gasteiger partial charge in [-0.15, -0.1) is 0 Å². The van der Waals surface area contributed by atoms with Crippen molar-refractivity contribution in [1.82, 2.24) is 10.6 Å². The van der Waals surface area contributed by atoms with Crippen LogP contribution in [-0.2, 0) is 22.3 Å². The molecule has 12 heteroatoms. The summed E-state index contributed by atoms with van der Waals surface area (Å²) in [5, 5.41) is 4.96. The summed E-state index contributed by atoms with van der Waals surface area (Å²) >= 11 is 0. The number of benzene rings is 2. The molecule has 198 valence electrons. The molecule has 1 atom stereocenters. The largest absolute Gasteiger partial charge is 0.478 e. The Kier molecular flexibility index (Phi) is 7.99. The van der Waals surface area contributed by atoms with Crippen molar-refractivity contribution in [2.24, 2.45) is 4.99 Å². The fourth-order valence-corrected chi connectivity index (χ4v) is 3.34. The van der Waals surface area contributed by atoms with Crippen molar-refractivity contribution in [3.05, 3.63) is 77.0 Å².